The molecule has 0 aromatic heterocycles. The summed E-state index contributed by atoms with van der Waals surface area (Å²) in [5.41, 5.74) is 3.42. The van der Waals surface area contributed by atoms with Crippen LogP contribution in [0.4, 0.5) is 5.69 Å². The van der Waals surface area contributed by atoms with Crippen molar-refractivity contribution in [3.63, 3.8) is 0 Å². The first kappa shape index (κ1) is 8.10. The topological polar surface area (TPSA) is 38.3 Å². The predicted octanol–water partition coefficient (Wildman–Crippen LogP) is 1.97. The van der Waals surface area contributed by atoms with Crippen LogP contribution in [0, 0.1) is 5.92 Å². The molecule has 1 aromatic rings. The van der Waals surface area contributed by atoms with Crippen LogP contribution in [-0.2, 0) is 9.63 Å². The highest BCUT2D eigenvalue weighted by atomic mass is 16.7. The van der Waals surface area contributed by atoms with Gasteiger partial charge in [0.25, 0.3) is 0 Å². The van der Waals surface area contributed by atoms with Crippen LogP contribution in [0.15, 0.2) is 30.3 Å². The Labute approximate surface area is 76.7 Å². The summed E-state index contributed by atoms with van der Waals surface area (Å²) in [4.78, 5) is 16.0. The summed E-state index contributed by atoms with van der Waals surface area (Å²) >= 11 is 0. The van der Waals surface area contributed by atoms with E-state index in [0.717, 1.165) is 18.5 Å². The van der Waals surface area contributed by atoms with Crippen LogP contribution in [0.3, 0.4) is 0 Å². The second-order valence-electron chi connectivity index (χ2n) is 3.16. The third-order valence-electron chi connectivity index (χ3n) is 1.95. The van der Waals surface area contributed by atoms with Crippen molar-refractivity contribution >= 4 is 11.7 Å². The van der Waals surface area contributed by atoms with E-state index < -0.39 is 0 Å². The van der Waals surface area contributed by atoms with Gasteiger partial charge in [-0.05, 0) is 25.0 Å². The van der Waals surface area contributed by atoms with Gasteiger partial charge in [-0.3, -0.25) is 0 Å². The van der Waals surface area contributed by atoms with Crippen LogP contribution in [0.2, 0.25) is 0 Å². The molecular formula is C10H11NO2. The molecule has 0 atom stereocenters. The second kappa shape index (κ2) is 3.47. The van der Waals surface area contributed by atoms with Crippen LogP contribution in [-0.4, -0.2) is 5.97 Å². The zero-order chi connectivity index (χ0) is 9.10. The molecule has 1 saturated carbocycles. The van der Waals surface area contributed by atoms with E-state index in [-0.39, 0.29) is 11.9 Å². The highest BCUT2D eigenvalue weighted by molar-refractivity contribution is 5.75. The van der Waals surface area contributed by atoms with E-state index >= 15 is 0 Å². The molecular weight excluding hydrogens is 166 g/mol. The summed E-state index contributed by atoms with van der Waals surface area (Å²) in [5, 5.41) is 0. The maximum atomic E-state index is 11.1. The fraction of sp³-hybridized carbons (Fsp3) is 0.300. The zero-order valence-electron chi connectivity index (χ0n) is 7.19. The number of carbonyl (C=O) groups is 1. The number of hydrogen-bond donors (Lipinski definition) is 1. The normalized spacial score (nSPS) is 15.1. The number of anilines is 1. The first-order valence-corrected chi connectivity index (χ1v) is 4.38. The van der Waals surface area contributed by atoms with Crippen LogP contribution in [0.5, 0.6) is 0 Å². The van der Waals surface area contributed by atoms with Crippen molar-refractivity contribution in [2.45, 2.75) is 12.8 Å². The zero-order valence-corrected chi connectivity index (χ0v) is 7.19. The Morgan fingerprint density at radius 2 is 2.00 bits per heavy atom. The van der Waals surface area contributed by atoms with Crippen molar-refractivity contribution in [1.82, 2.24) is 0 Å². The molecule has 3 heteroatoms. The van der Waals surface area contributed by atoms with Gasteiger partial charge in [0.05, 0.1) is 11.6 Å². The van der Waals surface area contributed by atoms with E-state index in [1.165, 1.54) is 0 Å². The Hall–Kier alpha value is -1.51. The molecule has 1 N–H and O–H groups in total. The van der Waals surface area contributed by atoms with Gasteiger partial charge in [-0.1, -0.05) is 18.2 Å². The number of carbonyl (C=O) groups excluding carboxylic acids is 1. The van der Waals surface area contributed by atoms with E-state index in [4.69, 9.17) is 4.84 Å². The Morgan fingerprint density at radius 3 is 2.62 bits per heavy atom. The molecule has 2 rings (SSSR count). The minimum atomic E-state index is -0.149. The quantitative estimate of drug-likeness (QED) is 0.717. The molecule has 0 saturated heterocycles. The molecule has 0 bridgehead atoms. The molecule has 3 nitrogen and oxygen atoms in total. The standard InChI is InChI=1S/C10H11NO2/c12-10(8-6-7-8)13-11-9-4-2-1-3-5-9/h1-5,8,11H,6-7H2. The van der Waals surface area contributed by atoms with Gasteiger partial charge in [0, 0.05) is 0 Å². The highest BCUT2D eigenvalue weighted by Crippen LogP contribution is 2.30. The van der Waals surface area contributed by atoms with Gasteiger partial charge in [0.15, 0.2) is 0 Å². The molecule has 1 aromatic carbocycles. The number of benzene rings is 1. The molecule has 0 heterocycles. The molecule has 0 unspecified atom stereocenters. The molecule has 1 fully saturated rings. The molecule has 1 aliphatic carbocycles. The smallest absolute Gasteiger partial charge is 0.335 e. The maximum Gasteiger partial charge on any atom is 0.335 e. The Balaban J connectivity index is 1.82. The van der Waals surface area contributed by atoms with Crippen molar-refractivity contribution in [2.24, 2.45) is 5.92 Å². The first-order chi connectivity index (χ1) is 6.36. The summed E-state index contributed by atoms with van der Waals surface area (Å²) in [5.74, 6) is -0.0138. The fourth-order valence-electron chi connectivity index (χ4n) is 1.02. The van der Waals surface area contributed by atoms with Crippen LogP contribution < -0.4 is 5.48 Å². The van der Waals surface area contributed by atoms with Crippen molar-refractivity contribution in [3.8, 4) is 0 Å². The Kier molecular flexibility index (Phi) is 2.17. The van der Waals surface area contributed by atoms with Gasteiger partial charge < -0.3 is 4.84 Å². The lowest BCUT2D eigenvalue weighted by Crippen LogP contribution is -2.11. The highest BCUT2D eigenvalue weighted by Gasteiger charge is 2.31. The lowest BCUT2D eigenvalue weighted by molar-refractivity contribution is -0.142. The molecule has 1 aliphatic rings. The summed E-state index contributed by atoms with van der Waals surface area (Å²) < 4.78 is 0. The molecule has 0 amide bonds. The maximum absolute atomic E-state index is 11.1. The number of rotatable bonds is 3. The molecule has 0 spiro atoms. The minimum Gasteiger partial charge on any atom is -0.343 e. The molecule has 13 heavy (non-hydrogen) atoms. The van der Waals surface area contributed by atoms with Crippen LogP contribution in [0.1, 0.15) is 12.8 Å². The van der Waals surface area contributed by atoms with Gasteiger partial charge in [-0.25, -0.2) is 10.3 Å². The van der Waals surface area contributed by atoms with Crippen molar-refractivity contribution < 1.29 is 9.63 Å². The SMILES string of the molecule is O=C(ONc1ccccc1)C1CC1. The third kappa shape index (κ3) is 2.21. The number of para-hydroxylation sites is 1. The van der Waals surface area contributed by atoms with E-state index in [2.05, 4.69) is 5.48 Å². The first-order valence-electron chi connectivity index (χ1n) is 4.38. The summed E-state index contributed by atoms with van der Waals surface area (Å²) in [6, 6.07) is 9.37. The van der Waals surface area contributed by atoms with Gasteiger partial charge in [0.1, 0.15) is 0 Å². The van der Waals surface area contributed by atoms with Crippen LogP contribution >= 0.6 is 0 Å². The van der Waals surface area contributed by atoms with Gasteiger partial charge >= 0.3 is 5.97 Å². The number of nitrogens with one attached hydrogen (secondary N) is 1. The predicted molar refractivity (Wildman–Crippen MR) is 48.9 cm³/mol. The van der Waals surface area contributed by atoms with Crippen molar-refractivity contribution in [3.05, 3.63) is 30.3 Å². The third-order valence-corrected chi connectivity index (χ3v) is 1.95. The van der Waals surface area contributed by atoms with Crippen molar-refractivity contribution in [2.75, 3.05) is 5.48 Å². The minimum absolute atomic E-state index is 0.135. The van der Waals surface area contributed by atoms with Gasteiger partial charge in [-0.2, -0.15) is 0 Å². The van der Waals surface area contributed by atoms with E-state index in [0.29, 0.717) is 0 Å². The Bertz CT molecular complexity index is 293. The van der Waals surface area contributed by atoms with Gasteiger partial charge in [-0.15, -0.1) is 0 Å². The summed E-state index contributed by atoms with van der Waals surface area (Å²) in [6.45, 7) is 0. The molecule has 0 aliphatic heterocycles. The largest absolute Gasteiger partial charge is 0.343 e. The number of hydrogen-bond acceptors (Lipinski definition) is 3. The lowest BCUT2D eigenvalue weighted by Gasteiger charge is -2.04. The van der Waals surface area contributed by atoms with E-state index in [1.807, 2.05) is 30.3 Å². The van der Waals surface area contributed by atoms with Crippen molar-refractivity contribution in [1.29, 1.82) is 0 Å². The monoisotopic (exact) mass is 177 g/mol. The Morgan fingerprint density at radius 1 is 1.31 bits per heavy atom. The van der Waals surface area contributed by atoms with Gasteiger partial charge in [0.2, 0.25) is 0 Å². The summed E-state index contributed by atoms with van der Waals surface area (Å²) in [6.07, 6.45) is 1.94. The van der Waals surface area contributed by atoms with E-state index in [9.17, 15) is 4.79 Å². The summed E-state index contributed by atoms with van der Waals surface area (Å²) in [7, 11) is 0. The fourth-order valence-corrected chi connectivity index (χ4v) is 1.02. The molecule has 0 radical (unpaired) electrons. The van der Waals surface area contributed by atoms with Crippen LogP contribution in [0.25, 0.3) is 0 Å². The second-order valence-corrected chi connectivity index (χ2v) is 3.16. The average Bonchev–Trinajstić information content (AvgIpc) is 2.99. The lowest BCUT2D eigenvalue weighted by atomic mass is 10.3. The van der Waals surface area contributed by atoms with E-state index in [1.54, 1.807) is 0 Å². The molecule has 68 valence electrons. The average molecular weight is 177 g/mol.